The monoisotopic (exact) mass is 243 g/mol. The van der Waals surface area contributed by atoms with E-state index in [9.17, 15) is 0 Å². The molecule has 0 aromatic carbocycles. The minimum atomic E-state index is 0.499. The quantitative estimate of drug-likeness (QED) is 0.829. The fourth-order valence-electron chi connectivity index (χ4n) is 2.59. The second-order valence-electron chi connectivity index (χ2n) is 4.84. The zero-order chi connectivity index (χ0) is 12.5. The molecule has 5 nitrogen and oxygen atoms in total. The molecule has 1 aliphatic heterocycles. The predicted octanol–water partition coefficient (Wildman–Crippen LogP) is 1.99. The third kappa shape index (κ3) is 1.85. The van der Waals surface area contributed by atoms with E-state index < -0.39 is 0 Å². The number of nitrogen functional groups attached to an aromatic ring is 1. The molecule has 1 unspecified atom stereocenters. The second kappa shape index (κ2) is 4.40. The lowest BCUT2D eigenvalue weighted by atomic mass is 10.0. The summed E-state index contributed by atoms with van der Waals surface area (Å²) < 4.78 is 0. The molecule has 0 radical (unpaired) electrons. The Morgan fingerprint density at radius 1 is 1.28 bits per heavy atom. The summed E-state index contributed by atoms with van der Waals surface area (Å²) in [4.78, 5) is 15.2. The predicted molar refractivity (Wildman–Crippen MR) is 72.4 cm³/mol. The Hall–Kier alpha value is -1.91. The fraction of sp³-hybridized carbons (Fsp3) is 0.462. The van der Waals surface area contributed by atoms with Crippen LogP contribution in [-0.2, 0) is 0 Å². The Bertz CT molecular complexity index is 568. The maximum Gasteiger partial charge on any atom is 0.166 e. The van der Waals surface area contributed by atoms with Crippen molar-refractivity contribution < 1.29 is 0 Å². The SMILES string of the molecule is CC1CCCCN1c1ncnc2nc(N)ccc12. The molecule has 1 saturated heterocycles. The molecule has 0 spiro atoms. The minimum Gasteiger partial charge on any atom is -0.384 e. The highest BCUT2D eigenvalue weighted by Gasteiger charge is 2.21. The van der Waals surface area contributed by atoms with Crippen LogP contribution in [0.1, 0.15) is 26.2 Å². The molecule has 2 aromatic heterocycles. The topological polar surface area (TPSA) is 67.9 Å². The van der Waals surface area contributed by atoms with Gasteiger partial charge in [-0.1, -0.05) is 0 Å². The van der Waals surface area contributed by atoms with E-state index in [2.05, 4.69) is 26.8 Å². The van der Waals surface area contributed by atoms with E-state index in [1.165, 1.54) is 19.3 Å². The summed E-state index contributed by atoms with van der Waals surface area (Å²) in [5.41, 5.74) is 6.37. The number of nitrogens with two attached hydrogens (primary N) is 1. The van der Waals surface area contributed by atoms with E-state index in [1.807, 2.05) is 12.1 Å². The normalized spacial score (nSPS) is 20.3. The van der Waals surface area contributed by atoms with Gasteiger partial charge >= 0.3 is 0 Å². The number of piperidine rings is 1. The molecule has 5 heteroatoms. The third-order valence-electron chi connectivity index (χ3n) is 3.57. The first kappa shape index (κ1) is 11.2. The highest BCUT2D eigenvalue weighted by Crippen LogP contribution is 2.28. The van der Waals surface area contributed by atoms with Crippen LogP contribution in [0.5, 0.6) is 0 Å². The lowest BCUT2D eigenvalue weighted by molar-refractivity contribution is 0.482. The molecule has 3 rings (SSSR count). The van der Waals surface area contributed by atoms with Gasteiger partial charge in [0.25, 0.3) is 0 Å². The Morgan fingerprint density at radius 3 is 3.00 bits per heavy atom. The van der Waals surface area contributed by atoms with E-state index in [0.29, 0.717) is 17.5 Å². The largest absolute Gasteiger partial charge is 0.384 e. The lowest BCUT2D eigenvalue weighted by Crippen LogP contribution is -2.38. The van der Waals surface area contributed by atoms with Gasteiger partial charge in [0.15, 0.2) is 5.65 Å². The summed E-state index contributed by atoms with van der Waals surface area (Å²) in [6.45, 7) is 3.30. The van der Waals surface area contributed by atoms with Crippen molar-refractivity contribution in [3.05, 3.63) is 18.5 Å². The number of aromatic nitrogens is 3. The zero-order valence-electron chi connectivity index (χ0n) is 10.5. The Balaban J connectivity index is 2.10. The Morgan fingerprint density at radius 2 is 2.17 bits per heavy atom. The summed E-state index contributed by atoms with van der Waals surface area (Å²) in [7, 11) is 0. The van der Waals surface area contributed by atoms with Crippen LogP contribution in [0.25, 0.3) is 11.0 Å². The minimum absolute atomic E-state index is 0.499. The van der Waals surface area contributed by atoms with Gasteiger partial charge in [0.1, 0.15) is 18.0 Å². The van der Waals surface area contributed by atoms with Gasteiger partial charge < -0.3 is 10.6 Å². The molecule has 18 heavy (non-hydrogen) atoms. The molecule has 0 bridgehead atoms. The van der Waals surface area contributed by atoms with Crippen molar-refractivity contribution in [3.8, 4) is 0 Å². The van der Waals surface area contributed by atoms with Gasteiger partial charge in [0.05, 0.1) is 5.39 Å². The van der Waals surface area contributed by atoms with Gasteiger partial charge in [-0.15, -0.1) is 0 Å². The molecule has 0 saturated carbocycles. The zero-order valence-corrected chi connectivity index (χ0v) is 10.5. The molecule has 94 valence electrons. The summed E-state index contributed by atoms with van der Waals surface area (Å²) >= 11 is 0. The van der Waals surface area contributed by atoms with E-state index in [1.54, 1.807) is 6.33 Å². The van der Waals surface area contributed by atoms with Crippen LogP contribution < -0.4 is 10.6 Å². The fourth-order valence-corrected chi connectivity index (χ4v) is 2.59. The average Bonchev–Trinajstić information content (AvgIpc) is 2.38. The number of hydrogen-bond donors (Lipinski definition) is 1. The number of hydrogen-bond acceptors (Lipinski definition) is 5. The van der Waals surface area contributed by atoms with Crippen molar-refractivity contribution in [2.24, 2.45) is 0 Å². The summed E-state index contributed by atoms with van der Waals surface area (Å²) in [5, 5.41) is 0.987. The van der Waals surface area contributed by atoms with Gasteiger partial charge in [-0.2, -0.15) is 0 Å². The van der Waals surface area contributed by atoms with Crippen LogP contribution in [0.15, 0.2) is 18.5 Å². The smallest absolute Gasteiger partial charge is 0.166 e. The molecular formula is C13H17N5. The first-order valence-corrected chi connectivity index (χ1v) is 6.39. The summed E-state index contributed by atoms with van der Waals surface area (Å²) in [6, 6.07) is 4.30. The standard InChI is InChI=1S/C13H17N5/c1-9-4-2-3-7-18(9)13-10-5-6-11(14)17-12(10)15-8-16-13/h5-6,8-9H,2-4,7H2,1H3,(H2,14,15,16,17). The van der Waals surface area contributed by atoms with E-state index in [-0.39, 0.29) is 0 Å². The van der Waals surface area contributed by atoms with Gasteiger partial charge in [-0.3, -0.25) is 0 Å². The van der Waals surface area contributed by atoms with Crippen LogP contribution >= 0.6 is 0 Å². The summed E-state index contributed by atoms with van der Waals surface area (Å²) in [5.74, 6) is 1.48. The van der Waals surface area contributed by atoms with Crippen molar-refractivity contribution in [1.82, 2.24) is 15.0 Å². The van der Waals surface area contributed by atoms with Crippen molar-refractivity contribution in [1.29, 1.82) is 0 Å². The van der Waals surface area contributed by atoms with E-state index in [4.69, 9.17) is 5.73 Å². The maximum absolute atomic E-state index is 5.69. The van der Waals surface area contributed by atoms with Crippen LogP contribution in [0.2, 0.25) is 0 Å². The highest BCUT2D eigenvalue weighted by atomic mass is 15.2. The van der Waals surface area contributed by atoms with Crippen LogP contribution in [0.3, 0.4) is 0 Å². The molecule has 2 N–H and O–H groups in total. The third-order valence-corrected chi connectivity index (χ3v) is 3.57. The van der Waals surface area contributed by atoms with E-state index in [0.717, 1.165) is 17.7 Å². The van der Waals surface area contributed by atoms with Gasteiger partial charge in [0, 0.05) is 12.6 Å². The number of anilines is 2. The van der Waals surface area contributed by atoms with Crippen molar-refractivity contribution in [2.45, 2.75) is 32.2 Å². The molecule has 1 atom stereocenters. The second-order valence-corrected chi connectivity index (χ2v) is 4.84. The van der Waals surface area contributed by atoms with Crippen LogP contribution in [0, 0.1) is 0 Å². The Labute approximate surface area is 106 Å². The summed E-state index contributed by atoms with van der Waals surface area (Å²) in [6.07, 6.45) is 5.31. The Kier molecular flexibility index (Phi) is 2.74. The number of rotatable bonds is 1. The highest BCUT2D eigenvalue weighted by molar-refractivity contribution is 5.87. The molecule has 3 heterocycles. The maximum atomic E-state index is 5.69. The van der Waals surface area contributed by atoms with Crippen LogP contribution in [-0.4, -0.2) is 27.5 Å². The molecule has 1 fully saturated rings. The number of fused-ring (bicyclic) bond motifs is 1. The average molecular weight is 243 g/mol. The van der Waals surface area contributed by atoms with Crippen molar-refractivity contribution in [3.63, 3.8) is 0 Å². The van der Waals surface area contributed by atoms with Crippen LogP contribution in [0.4, 0.5) is 11.6 Å². The van der Waals surface area contributed by atoms with Gasteiger partial charge in [-0.05, 0) is 38.3 Å². The van der Waals surface area contributed by atoms with Crippen molar-refractivity contribution >= 4 is 22.7 Å². The first-order chi connectivity index (χ1) is 8.75. The molecule has 0 amide bonds. The lowest BCUT2D eigenvalue weighted by Gasteiger charge is -2.34. The van der Waals surface area contributed by atoms with Gasteiger partial charge in [0.2, 0.25) is 0 Å². The number of pyridine rings is 1. The molecule has 1 aliphatic rings. The molecule has 0 aliphatic carbocycles. The molecular weight excluding hydrogens is 226 g/mol. The molecule has 2 aromatic rings. The van der Waals surface area contributed by atoms with Gasteiger partial charge in [-0.25, -0.2) is 15.0 Å². The van der Waals surface area contributed by atoms with Crippen molar-refractivity contribution in [2.75, 3.05) is 17.2 Å². The first-order valence-electron chi connectivity index (χ1n) is 6.39. The number of nitrogens with zero attached hydrogens (tertiary/aromatic N) is 4. The van der Waals surface area contributed by atoms with E-state index >= 15 is 0 Å².